The van der Waals surface area contributed by atoms with Gasteiger partial charge in [0.25, 0.3) is 0 Å². The van der Waals surface area contributed by atoms with Crippen LogP contribution in [0.5, 0.6) is 0 Å². The molecule has 7 heteroatoms. The topological polar surface area (TPSA) is 67.9 Å². The van der Waals surface area contributed by atoms with E-state index in [9.17, 15) is 9.59 Å². The van der Waals surface area contributed by atoms with E-state index >= 15 is 0 Å². The van der Waals surface area contributed by atoms with Crippen molar-refractivity contribution in [1.82, 2.24) is 0 Å². The zero-order valence-electron chi connectivity index (χ0n) is 27.4. The molecule has 5 aromatic carbocycles. The second-order valence-corrected chi connectivity index (χ2v) is 12.8. The molecule has 0 spiro atoms. The first-order valence-corrected chi connectivity index (χ1v) is 16.3. The number of hydrogen-bond acceptors (Lipinski definition) is 6. The number of carbonyl (C=O) groups excluding carboxylic acids is 2. The summed E-state index contributed by atoms with van der Waals surface area (Å²) in [6, 6.07) is 34.1. The molecule has 0 atom stereocenters. The number of aryl methyl sites for hydroxylation is 1. The number of fused-ring (bicyclic) bond motifs is 1. The highest BCUT2D eigenvalue weighted by molar-refractivity contribution is 6.81. The molecule has 0 unspecified atom stereocenters. The first-order valence-electron chi connectivity index (χ1n) is 16.3. The average molecular weight is 623 g/mol. The highest BCUT2D eigenvalue weighted by Crippen LogP contribution is 2.44. The van der Waals surface area contributed by atoms with Gasteiger partial charge in [-0.3, -0.25) is 9.59 Å². The minimum absolute atomic E-state index is 0.197. The van der Waals surface area contributed by atoms with Crippen LogP contribution in [0.15, 0.2) is 97.1 Å². The van der Waals surface area contributed by atoms with Crippen molar-refractivity contribution in [2.24, 2.45) is 5.41 Å². The Labute approximate surface area is 276 Å². The van der Waals surface area contributed by atoms with Gasteiger partial charge in [0.15, 0.2) is 5.41 Å². The maximum absolute atomic E-state index is 13.4. The number of esters is 2. The van der Waals surface area contributed by atoms with Gasteiger partial charge in [0.1, 0.15) is 0 Å². The van der Waals surface area contributed by atoms with Crippen LogP contribution in [-0.2, 0) is 51.3 Å². The van der Waals surface area contributed by atoms with Crippen LogP contribution in [-0.4, -0.2) is 33.1 Å². The van der Waals surface area contributed by atoms with Gasteiger partial charge >= 0.3 is 18.9 Å². The number of nitrogens with zero attached hydrogens (tertiary/aromatic N) is 1. The Morgan fingerprint density at radius 1 is 0.745 bits per heavy atom. The van der Waals surface area contributed by atoms with Crippen molar-refractivity contribution >= 4 is 46.5 Å². The van der Waals surface area contributed by atoms with Crippen molar-refractivity contribution in [2.75, 3.05) is 24.3 Å². The average Bonchev–Trinajstić information content (AvgIpc) is 3.53. The van der Waals surface area contributed by atoms with Crippen molar-refractivity contribution in [3.8, 4) is 0 Å². The van der Waals surface area contributed by atoms with E-state index in [0.29, 0.717) is 6.54 Å². The monoisotopic (exact) mass is 622 g/mol. The Kier molecular flexibility index (Phi) is 8.00. The van der Waals surface area contributed by atoms with E-state index in [4.69, 9.17) is 9.47 Å². The second kappa shape index (κ2) is 12.3. The zero-order valence-corrected chi connectivity index (χ0v) is 27.4. The summed E-state index contributed by atoms with van der Waals surface area (Å²) in [4.78, 5) is 29.2. The molecule has 7 rings (SSSR count). The molecule has 236 valence electrons. The van der Waals surface area contributed by atoms with Crippen LogP contribution in [0.3, 0.4) is 0 Å². The molecule has 0 bridgehead atoms. The fourth-order valence-corrected chi connectivity index (χ4v) is 7.97. The van der Waals surface area contributed by atoms with Crippen molar-refractivity contribution in [1.29, 1.82) is 0 Å². The normalized spacial score (nSPS) is 14.5. The van der Waals surface area contributed by atoms with Gasteiger partial charge in [-0.2, -0.15) is 0 Å². The van der Waals surface area contributed by atoms with E-state index in [0.717, 1.165) is 40.8 Å². The van der Waals surface area contributed by atoms with Gasteiger partial charge < -0.3 is 19.5 Å². The lowest BCUT2D eigenvalue weighted by Gasteiger charge is -2.40. The molecule has 0 aromatic heterocycles. The smallest absolute Gasteiger partial charge is 0.409 e. The van der Waals surface area contributed by atoms with Gasteiger partial charge in [-0.15, -0.1) is 0 Å². The molecular weight excluding hydrogens is 583 g/mol. The van der Waals surface area contributed by atoms with Crippen molar-refractivity contribution in [3.05, 3.63) is 136 Å². The van der Waals surface area contributed by atoms with Gasteiger partial charge in [-0.1, -0.05) is 84.9 Å². The number of rotatable bonds is 8. The van der Waals surface area contributed by atoms with Gasteiger partial charge in [0.05, 0.1) is 14.2 Å². The third kappa shape index (κ3) is 5.14. The largest absolute Gasteiger partial charge is 0.468 e. The first-order chi connectivity index (χ1) is 22.9. The lowest BCUT2D eigenvalue weighted by atomic mass is 9.58. The molecule has 1 aliphatic heterocycles. The van der Waals surface area contributed by atoms with Crippen LogP contribution < -0.4 is 15.5 Å². The summed E-state index contributed by atoms with van der Waals surface area (Å²) in [5.74, 6) is -1.09. The van der Waals surface area contributed by atoms with E-state index in [1.54, 1.807) is 0 Å². The SMILES string of the molecule is COC(=O)C1(C(=O)OC)Cc2c(C)c(CCc3ccccc3)c(B3Nc4cccc5cccc(c45)N3Cc3ccccc3)c(C)c2C1. The molecule has 0 radical (unpaired) electrons. The summed E-state index contributed by atoms with van der Waals surface area (Å²) >= 11 is 0. The van der Waals surface area contributed by atoms with E-state index < -0.39 is 17.4 Å². The van der Waals surface area contributed by atoms with E-state index in [1.165, 1.54) is 52.8 Å². The summed E-state index contributed by atoms with van der Waals surface area (Å²) in [7, 11) is 2.69. The minimum atomic E-state index is -1.40. The molecule has 47 heavy (non-hydrogen) atoms. The molecule has 0 saturated carbocycles. The Morgan fingerprint density at radius 2 is 1.34 bits per heavy atom. The summed E-state index contributed by atoms with van der Waals surface area (Å²) in [6.07, 6.45) is 2.19. The van der Waals surface area contributed by atoms with E-state index in [1.807, 2.05) is 6.07 Å². The molecule has 6 nitrogen and oxygen atoms in total. The summed E-state index contributed by atoms with van der Waals surface area (Å²) in [5.41, 5.74) is 10.1. The Morgan fingerprint density at radius 3 is 1.98 bits per heavy atom. The van der Waals surface area contributed by atoms with Gasteiger partial charge in [-0.05, 0) is 88.6 Å². The molecule has 1 aliphatic carbocycles. The lowest BCUT2D eigenvalue weighted by molar-refractivity contribution is -0.168. The van der Waals surface area contributed by atoms with Crippen molar-refractivity contribution in [3.63, 3.8) is 0 Å². The maximum Gasteiger partial charge on any atom is 0.409 e. The second-order valence-electron chi connectivity index (χ2n) is 12.8. The van der Waals surface area contributed by atoms with Crippen LogP contribution in [0.2, 0.25) is 0 Å². The molecular formula is C40H39BN2O4. The van der Waals surface area contributed by atoms with Crippen LogP contribution >= 0.6 is 0 Å². The highest BCUT2D eigenvalue weighted by Gasteiger charge is 2.54. The van der Waals surface area contributed by atoms with Crippen LogP contribution in [0.4, 0.5) is 11.4 Å². The van der Waals surface area contributed by atoms with Gasteiger partial charge in [0.2, 0.25) is 0 Å². The third-order valence-corrected chi connectivity index (χ3v) is 10.3. The molecule has 0 saturated heterocycles. The maximum atomic E-state index is 13.4. The van der Waals surface area contributed by atoms with Gasteiger partial charge in [-0.25, -0.2) is 0 Å². The molecule has 2 aliphatic rings. The van der Waals surface area contributed by atoms with Crippen LogP contribution in [0, 0.1) is 19.3 Å². The number of anilines is 2. The standard InChI is InChI=1S/C40H39BN2O4/c1-26-31(22-21-28-13-7-5-8-14-28)37(27(2)33-24-40(23-32(26)33,38(44)46-3)39(45)47-4)41-42-34-19-11-17-30-18-12-20-35(36(30)34)43(41)25-29-15-9-6-10-16-29/h5-20,42H,21-25H2,1-4H3. The fourth-order valence-electron chi connectivity index (χ4n) is 7.97. The van der Waals surface area contributed by atoms with E-state index in [-0.39, 0.29) is 19.8 Å². The van der Waals surface area contributed by atoms with Crippen molar-refractivity contribution < 1.29 is 19.1 Å². The number of nitrogens with one attached hydrogen (secondary N) is 1. The molecule has 5 aromatic rings. The van der Waals surface area contributed by atoms with Crippen LogP contribution in [0.25, 0.3) is 10.8 Å². The minimum Gasteiger partial charge on any atom is -0.468 e. The lowest BCUT2D eigenvalue weighted by Crippen LogP contribution is -2.58. The summed E-state index contributed by atoms with van der Waals surface area (Å²) < 4.78 is 10.5. The third-order valence-electron chi connectivity index (χ3n) is 10.3. The summed E-state index contributed by atoms with van der Waals surface area (Å²) in [5, 5.41) is 6.38. The van der Waals surface area contributed by atoms with Crippen LogP contribution in [0.1, 0.15) is 38.9 Å². The molecule has 0 fully saturated rings. The van der Waals surface area contributed by atoms with Gasteiger partial charge in [0, 0.05) is 36.1 Å². The molecule has 0 amide bonds. The number of methoxy groups -OCH3 is 2. The number of hydrogen-bond donors (Lipinski definition) is 1. The predicted octanol–water partition coefficient (Wildman–Crippen LogP) is 6.50. The highest BCUT2D eigenvalue weighted by atomic mass is 16.5. The Balaban J connectivity index is 1.44. The number of ether oxygens (including phenoxy) is 2. The quantitative estimate of drug-likeness (QED) is 0.121. The molecule has 1 heterocycles. The molecule has 1 N–H and O–H groups in total. The fraction of sp³-hybridized carbons (Fsp3) is 0.250. The van der Waals surface area contributed by atoms with Crippen molar-refractivity contribution in [2.45, 2.75) is 46.1 Å². The predicted molar refractivity (Wildman–Crippen MR) is 189 cm³/mol. The number of benzene rings is 5. The Bertz CT molecular complexity index is 1970. The summed E-state index contributed by atoms with van der Waals surface area (Å²) in [6.45, 7) is 4.82. The zero-order chi connectivity index (χ0) is 32.7. The number of carbonyl (C=O) groups is 2. The Hall–Kier alpha value is -5.04. The van der Waals surface area contributed by atoms with E-state index in [2.05, 4.69) is 115 Å². The first kappa shape index (κ1) is 30.6.